The smallest absolute Gasteiger partial charge is 0.319 e. The van der Waals surface area contributed by atoms with E-state index >= 15 is 0 Å². The van der Waals surface area contributed by atoms with Crippen LogP contribution >= 0.6 is 0 Å². The van der Waals surface area contributed by atoms with Crippen LogP contribution in [0.5, 0.6) is 0 Å². The standard InChI is InChI=1S/C10H16O4.C5H11NO2.C2H4O2.2CH4O/c1-7(6-11)10-5-9(3-4-13-10)14-8(2)12;1-3-8-5(7)4-6-2;1-2(3)4;2*1-2/h6-7,9-10H,3-5H2,1-2H3;6H,3-4H2,1-2H3;1H3,(H,3,4);2*2H,1H3. The second-order valence-corrected chi connectivity index (χ2v) is 5.51. The van der Waals surface area contributed by atoms with E-state index in [2.05, 4.69) is 10.1 Å². The summed E-state index contributed by atoms with van der Waals surface area (Å²) in [7, 11) is 3.71. The molecule has 11 nitrogen and oxygen atoms in total. The van der Waals surface area contributed by atoms with Crippen LogP contribution in [0.4, 0.5) is 0 Å². The zero-order valence-corrected chi connectivity index (χ0v) is 19.0. The van der Waals surface area contributed by atoms with Crippen LogP contribution in [0.3, 0.4) is 0 Å². The van der Waals surface area contributed by atoms with E-state index in [0.29, 0.717) is 26.2 Å². The Labute approximate surface area is 178 Å². The lowest BCUT2D eigenvalue weighted by Crippen LogP contribution is -2.36. The van der Waals surface area contributed by atoms with Crippen LogP contribution in [-0.4, -0.2) is 92.7 Å². The summed E-state index contributed by atoms with van der Waals surface area (Å²) < 4.78 is 15.1. The Balaban J connectivity index is -0.000000179. The normalized spacial score (nSPS) is 17.2. The minimum Gasteiger partial charge on any atom is -0.481 e. The third kappa shape index (κ3) is 28.1. The highest BCUT2D eigenvalue weighted by Crippen LogP contribution is 2.21. The molecule has 0 radical (unpaired) electrons. The SMILES string of the molecule is CC(=O)O.CC(=O)OC1CCOC(C(C)C=O)C1.CCOC(=O)CNC.CO.CO. The van der Waals surface area contributed by atoms with Crippen LogP contribution in [0.15, 0.2) is 0 Å². The lowest BCUT2D eigenvalue weighted by atomic mass is 9.97. The molecule has 3 unspecified atom stereocenters. The summed E-state index contributed by atoms with van der Waals surface area (Å²) in [6.07, 6.45) is 2.03. The molecule has 0 bridgehead atoms. The monoisotopic (exact) mass is 441 g/mol. The number of hydrogen-bond donors (Lipinski definition) is 4. The number of aliphatic hydroxyl groups is 2. The van der Waals surface area contributed by atoms with Crippen molar-refractivity contribution < 1.29 is 48.7 Å². The van der Waals surface area contributed by atoms with Crippen molar-refractivity contribution in [1.82, 2.24) is 5.32 Å². The van der Waals surface area contributed by atoms with Crippen molar-refractivity contribution in [2.45, 2.75) is 52.7 Å². The van der Waals surface area contributed by atoms with Gasteiger partial charge in [-0.1, -0.05) is 6.92 Å². The maximum absolute atomic E-state index is 10.7. The van der Waals surface area contributed by atoms with E-state index in [4.69, 9.17) is 29.6 Å². The van der Waals surface area contributed by atoms with Crippen molar-refractivity contribution in [3.8, 4) is 0 Å². The number of carbonyl (C=O) groups excluding carboxylic acids is 3. The molecule has 0 aromatic heterocycles. The zero-order chi connectivity index (χ0) is 24.5. The molecule has 0 aliphatic carbocycles. The average molecular weight is 442 g/mol. The summed E-state index contributed by atoms with van der Waals surface area (Å²) in [6.45, 7) is 7.39. The minimum atomic E-state index is -0.833. The Bertz CT molecular complexity index is 420. The van der Waals surface area contributed by atoms with Crippen molar-refractivity contribution >= 4 is 24.2 Å². The van der Waals surface area contributed by atoms with E-state index in [1.807, 2.05) is 6.92 Å². The van der Waals surface area contributed by atoms with Crippen molar-refractivity contribution in [3.05, 3.63) is 0 Å². The number of rotatable bonds is 6. The third-order valence-electron chi connectivity index (χ3n) is 3.03. The van der Waals surface area contributed by atoms with Gasteiger partial charge in [0.25, 0.3) is 5.97 Å². The fraction of sp³-hybridized carbons (Fsp3) is 0.789. The van der Waals surface area contributed by atoms with Gasteiger partial charge in [-0.05, 0) is 14.0 Å². The van der Waals surface area contributed by atoms with Crippen molar-refractivity contribution in [1.29, 1.82) is 0 Å². The van der Waals surface area contributed by atoms with Gasteiger partial charge in [0.15, 0.2) is 0 Å². The van der Waals surface area contributed by atoms with Gasteiger partial charge in [0.2, 0.25) is 0 Å². The molecule has 1 rings (SSSR count). The van der Waals surface area contributed by atoms with E-state index in [1.165, 1.54) is 6.92 Å². The van der Waals surface area contributed by atoms with Crippen molar-refractivity contribution in [2.75, 3.05) is 41.0 Å². The first-order valence-corrected chi connectivity index (χ1v) is 9.31. The van der Waals surface area contributed by atoms with E-state index in [1.54, 1.807) is 14.0 Å². The maximum atomic E-state index is 10.7. The highest BCUT2D eigenvalue weighted by atomic mass is 16.6. The van der Waals surface area contributed by atoms with Crippen LogP contribution < -0.4 is 5.32 Å². The number of hydrogen-bond acceptors (Lipinski definition) is 10. The Morgan fingerprint density at radius 1 is 1.20 bits per heavy atom. The molecule has 0 saturated carbocycles. The van der Waals surface area contributed by atoms with Crippen LogP contribution in [0.25, 0.3) is 0 Å². The average Bonchev–Trinajstić information content (AvgIpc) is 2.70. The van der Waals surface area contributed by atoms with Crippen molar-refractivity contribution in [2.24, 2.45) is 5.92 Å². The summed E-state index contributed by atoms with van der Waals surface area (Å²) in [5, 5.41) is 24.1. The molecule has 3 atom stereocenters. The lowest BCUT2D eigenvalue weighted by Gasteiger charge is -2.30. The largest absolute Gasteiger partial charge is 0.481 e. The summed E-state index contributed by atoms with van der Waals surface area (Å²) in [5.41, 5.74) is 0. The molecule has 0 aromatic rings. The molecular weight excluding hydrogens is 402 g/mol. The molecule has 4 N–H and O–H groups in total. The molecule has 1 aliphatic rings. The van der Waals surface area contributed by atoms with Gasteiger partial charge >= 0.3 is 11.9 Å². The Kier molecular flexibility index (Phi) is 31.7. The molecule has 0 aromatic carbocycles. The van der Waals surface area contributed by atoms with Gasteiger partial charge < -0.3 is 39.6 Å². The highest BCUT2D eigenvalue weighted by molar-refractivity contribution is 5.71. The minimum absolute atomic E-state index is 0.0892. The Morgan fingerprint density at radius 3 is 2.07 bits per heavy atom. The molecule has 1 fully saturated rings. The van der Waals surface area contributed by atoms with E-state index in [9.17, 15) is 14.4 Å². The first kappa shape index (κ1) is 35.4. The van der Waals surface area contributed by atoms with Crippen LogP contribution in [0.2, 0.25) is 0 Å². The molecule has 1 aliphatic heterocycles. The number of aldehydes is 1. The second-order valence-electron chi connectivity index (χ2n) is 5.51. The van der Waals surface area contributed by atoms with Gasteiger partial charge in [-0.25, -0.2) is 0 Å². The van der Waals surface area contributed by atoms with Gasteiger partial charge in [-0.2, -0.15) is 0 Å². The third-order valence-corrected chi connectivity index (χ3v) is 3.03. The summed E-state index contributed by atoms with van der Waals surface area (Å²) in [5.74, 6) is -1.43. The first-order valence-electron chi connectivity index (χ1n) is 9.31. The van der Waals surface area contributed by atoms with Crippen LogP contribution in [0.1, 0.15) is 40.5 Å². The zero-order valence-electron chi connectivity index (χ0n) is 19.0. The predicted octanol–water partition coefficient (Wildman–Crippen LogP) is 0.00890. The highest BCUT2D eigenvalue weighted by Gasteiger charge is 2.28. The summed E-state index contributed by atoms with van der Waals surface area (Å²) in [4.78, 5) is 40.6. The number of nitrogens with one attached hydrogen (secondary N) is 1. The van der Waals surface area contributed by atoms with E-state index < -0.39 is 5.97 Å². The number of carboxylic acid groups (broad SMARTS) is 1. The van der Waals surface area contributed by atoms with Gasteiger partial charge in [0, 0.05) is 46.8 Å². The summed E-state index contributed by atoms with van der Waals surface area (Å²) in [6, 6.07) is 0. The number of aliphatic carboxylic acids is 1. The maximum Gasteiger partial charge on any atom is 0.319 e. The predicted molar refractivity (Wildman–Crippen MR) is 110 cm³/mol. The Morgan fingerprint density at radius 2 is 1.70 bits per heavy atom. The number of likely N-dealkylation sites (N-methyl/N-ethyl adjacent to an activating group) is 1. The summed E-state index contributed by atoms with van der Waals surface area (Å²) >= 11 is 0. The van der Waals surface area contributed by atoms with Gasteiger partial charge in [0.05, 0.1) is 25.9 Å². The number of carboxylic acids is 1. The quantitative estimate of drug-likeness (QED) is 0.323. The van der Waals surface area contributed by atoms with E-state index in [0.717, 1.165) is 33.9 Å². The number of aliphatic hydroxyl groups excluding tert-OH is 2. The van der Waals surface area contributed by atoms with E-state index in [-0.39, 0.29) is 30.1 Å². The number of esters is 2. The molecular formula is C19H39NO10. The second kappa shape index (κ2) is 26.9. The van der Waals surface area contributed by atoms with Gasteiger partial charge in [-0.15, -0.1) is 0 Å². The molecule has 11 heteroatoms. The number of ether oxygens (including phenoxy) is 3. The molecule has 0 amide bonds. The van der Waals surface area contributed by atoms with Gasteiger partial charge in [-0.3, -0.25) is 14.4 Å². The molecule has 180 valence electrons. The molecule has 0 spiro atoms. The fourth-order valence-corrected chi connectivity index (χ4v) is 1.95. The van der Waals surface area contributed by atoms with Crippen molar-refractivity contribution in [3.63, 3.8) is 0 Å². The van der Waals surface area contributed by atoms with Crippen LogP contribution in [-0.2, 0) is 33.4 Å². The molecule has 1 heterocycles. The Hall–Kier alpha value is -2.08. The number of carbonyl (C=O) groups is 4. The first-order chi connectivity index (χ1) is 14.2. The lowest BCUT2D eigenvalue weighted by molar-refractivity contribution is -0.155. The molecule has 1 saturated heterocycles. The molecule has 30 heavy (non-hydrogen) atoms. The van der Waals surface area contributed by atoms with Crippen LogP contribution in [0, 0.1) is 5.92 Å². The fourth-order valence-electron chi connectivity index (χ4n) is 1.95. The van der Waals surface area contributed by atoms with Gasteiger partial charge in [0.1, 0.15) is 12.4 Å². The topological polar surface area (TPSA) is 169 Å².